The summed E-state index contributed by atoms with van der Waals surface area (Å²) in [6.07, 6.45) is 3.33. The van der Waals surface area contributed by atoms with Crippen LogP contribution in [0.2, 0.25) is 0 Å². The Bertz CT molecular complexity index is 1330. The number of nitrogens with one attached hydrogen (secondary N) is 1. The normalized spacial score (nSPS) is 24.5. The maximum absolute atomic E-state index is 14.1. The molecule has 3 aromatic rings. The number of imide groups is 1. The number of halogens is 1. The maximum atomic E-state index is 14.1. The number of aromatic amines is 1. The monoisotopic (exact) mass is 536 g/mol. The SMILES string of the molecule is CCC12Cc3c([nH]c4ccc(Br)cc34)C(c3cccc(O)c3)N1C(=O)N(CCN1CCCC1)C2=O. The largest absolute Gasteiger partial charge is 0.508 e. The number of phenols is 1. The van der Waals surface area contributed by atoms with Gasteiger partial charge in [0, 0.05) is 40.6 Å². The van der Waals surface area contributed by atoms with Gasteiger partial charge in [-0.15, -0.1) is 0 Å². The molecule has 0 saturated carbocycles. The number of benzene rings is 2. The Kier molecular flexibility index (Phi) is 5.41. The third kappa shape index (κ3) is 3.41. The van der Waals surface area contributed by atoms with Gasteiger partial charge in [0.25, 0.3) is 5.91 Å². The van der Waals surface area contributed by atoms with Crippen molar-refractivity contribution in [2.24, 2.45) is 0 Å². The van der Waals surface area contributed by atoms with Crippen LogP contribution in [-0.4, -0.2) is 68.4 Å². The van der Waals surface area contributed by atoms with Gasteiger partial charge in [-0.1, -0.05) is 35.0 Å². The van der Waals surface area contributed by atoms with E-state index in [2.05, 4.69) is 31.9 Å². The number of likely N-dealkylation sites (tertiary alicyclic amines) is 1. The molecule has 2 atom stereocenters. The number of urea groups is 1. The van der Waals surface area contributed by atoms with Crippen LogP contribution in [0, 0.1) is 0 Å². The average molecular weight is 537 g/mol. The molecule has 2 N–H and O–H groups in total. The maximum Gasteiger partial charge on any atom is 0.328 e. The van der Waals surface area contributed by atoms with Gasteiger partial charge in [-0.2, -0.15) is 0 Å². The smallest absolute Gasteiger partial charge is 0.328 e. The van der Waals surface area contributed by atoms with Crippen LogP contribution in [0.1, 0.15) is 49.0 Å². The molecule has 3 aliphatic rings. The van der Waals surface area contributed by atoms with Crippen molar-refractivity contribution >= 4 is 38.8 Å². The quantitative estimate of drug-likeness (QED) is 0.459. The molecule has 3 amide bonds. The molecule has 6 rings (SSSR count). The fourth-order valence-corrected chi connectivity index (χ4v) is 6.62. The van der Waals surface area contributed by atoms with E-state index >= 15 is 0 Å². The number of rotatable bonds is 5. The zero-order chi connectivity index (χ0) is 24.3. The lowest BCUT2D eigenvalue weighted by Gasteiger charge is -2.44. The van der Waals surface area contributed by atoms with Gasteiger partial charge in [0.1, 0.15) is 17.3 Å². The Hall–Kier alpha value is -2.84. The Balaban J connectivity index is 1.50. The Labute approximate surface area is 212 Å². The zero-order valence-electron chi connectivity index (χ0n) is 19.8. The van der Waals surface area contributed by atoms with Gasteiger partial charge in [-0.25, -0.2) is 4.79 Å². The zero-order valence-corrected chi connectivity index (χ0v) is 21.3. The van der Waals surface area contributed by atoms with Crippen LogP contribution in [0.15, 0.2) is 46.9 Å². The van der Waals surface area contributed by atoms with Crippen LogP contribution in [0.5, 0.6) is 5.75 Å². The molecule has 8 heteroatoms. The summed E-state index contributed by atoms with van der Waals surface area (Å²) in [6, 6.07) is 12.4. The fraction of sp³-hybridized carbons (Fsp3) is 0.407. The molecule has 2 unspecified atom stereocenters. The van der Waals surface area contributed by atoms with Crippen LogP contribution >= 0.6 is 15.9 Å². The number of aromatic hydroxyl groups is 1. The highest BCUT2D eigenvalue weighted by Crippen LogP contribution is 2.50. The Morgan fingerprint density at radius 2 is 1.91 bits per heavy atom. The van der Waals surface area contributed by atoms with Gasteiger partial charge < -0.3 is 15.0 Å². The summed E-state index contributed by atoms with van der Waals surface area (Å²) in [5.41, 5.74) is 2.78. The highest BCUT2D eigenvalue weighted by Gasteiger charge is 2.61. The molecule has 0 aliphatic carbocycles. The number of H-pyrrole nitrogens is 1. The molecule has 0 spiro atoms. The van der Waals surface area contributed by atoms with Crippen LogP contribution in [0.25, 0.3) is 10.9 Å². The van der Waals surface area contributed by atoms with E-state index < -0.39 is 11.6 Å². The lowest BCUT2D eigenvalue weighted by atomic mass is 9.78. The number of fused-ring (bicyclic) bond motifs is 4. The first kappa shape index (κ1) is 22.6. The predicted octanol–water partition coefficient (Wildman–Crippen LogP) is 4.79. The second-order valence-corrected chi connectivity index (χ2v) is 10.8. The summed E-state index contributed by atoms with van der Waals surface area (Å²) in [5, 5.41) is 11.4. The van der Waals surface area contributed by atoms with Crippen molar-refractivity contribution in [3.63, 3.8) is 0 Å². The molecule has 2 fully saturated rings. The molecule has 3 aliphatic heterocycles. The molecule has 0 bridgehead atoms. The Morgan fingerprint density at radius 3 is 2.66 bits per heavy atom. The number of hydrogen-bond donors (Lipinski definition) is 2. The van der Waals surface area contributed by atoms with Gasteiger partial charge in [0.15, 0.2) is 0 Å². The van der Waals surface area contributed by atoms with Crippen LogP contribution in [-0.2, 0) is 11.2 Å². The van der Waals surface area contributed by atoms with E-state index in [0.29, 0.717) is 25.9 Å². The van der Waals surface area contributed by atoms with E-state index in [1.165, 1.54) is 17.7 Å². The highest BCUT2D eigenvalue weighted by molar-refractivity contribution is 9.10. The van der Waals surface area contributed by atoms with Crippen LogP contribution in [0.4, 0.5) is 4.79 Å². The lowest BCUT2D eigenvalue weighted by molar-refractivity contribution is -0.134. The first-order valence-electron chi connectivity index (χ1n) is 12.4. The molecular formula is C27H29BrN4O3. The van der Waals surface area contributed by atoms with Gasteiger partial charge in [0.05, 0.1) is 0 Å². The second kappa shape index (κ2) is 8.38. The van der Waals surface area contributed by atoms with E-state index in [1.54, 1.807) is 23.1 Å². The van der Waals surface area contributed by atoms with Gasteiger partial charge in [0.2, 0.25) is 0 Å². The minimum Gasteiger partial charge on any atom is -0.508 e. The van der Waals surface area contributed by atoms with Crippen molar-refractivity contribution in [3.05, 3.63) is 63.8 Å². The number of carbonyl (C=O) groups is 2. The van der Waals surface area contributed by atoms with Crippen LogP contribution in [0.3, 0.4) is 0 Å². The van der Waals surface area contributed by atoms with Crippen molar-refractivity contribution in [2.45, 2.75) is 44.2 Å². The number of aromatic nitrogens is 1. The molecule has 1 aromatic heterocycles. The summed E-state index contributed by atoms with van der Waals surface area (Å²) >= 11 is 3.59. The molecule has 4 heterocycles. The average Bonchev–Trinajstić information content (AvgIpc) is 3.54. The molecule has 0 radical (unpaired) electrons. The lowest BCUT2D eigenvalue weighted by Crippen LogP contribution is -2.55. The van der Waals surface area contributed by atoms with E-state index in [9.17, 15) is 14.7 Å². The van der Waals surface area contributed by atoms with Crippen molar-refractivity contribution in [1.82, 2.24) is 19.7 Å². The summed E-state index contributed by atoms with van der Waals surface area (Å²) < 4.78 is 0.967. The molecular weight excluding hydrogens is 508 g/mol. The van der Waals surface area contributed by atoms with Crippen molar-refractivity contribution < 1.29 is 14.7 Å². The van der Waals surface area contributed by atoms with Crippen molar-refractivity contribution in [2.75, 3.05) is 26.2 Å². The molecule has 35 heavy (non-hydrogen) atoms. The summed E-state index contributed by atoms with van der Waals surface area (Å²) in [7, 11) is 0. The van der Waals surface area contributed by atoms with Gasteiger partial charge >= 0.3 is 6.03 Å². The summed E-state index contributed by atoms with van der Waals surface area (Å²) in [5.74, 6) is 0.0313. The number of carbonyl (C=O) groups excluding carboxylic acids is 2. The minimum absolute atomic E-state index is 0.107. The number of amides is 3. The number of nitrogens with zero attached hydrogens (tertiary/aromatic N) is 3. The third-order valence-corrected chi connectivity index (χ3v) is 8.55. The predicted molar refractivity (Wildman–Crippen MR) is 137 cm³/mol. The number of hydrogen-bond acceptors (Lipinski definition) is 4. The van der Waals surface area contributed by atoms with E-state index in [0.717, 1.165) is 45.3 Å². The van der Waals surface area contributed by atoms with E-state index in [1.807, 2.05) is 25.1 Å². The van der Waals surface area contributed by atoms with Crippen molar-refractivity contribution in [3.8, 4) is 5.75 Å². The topological polar surface area (TPSA) is 79.9 Å². The number of phenolic OH excluding ortho intramolecular Hbond substituents is 1. The summed E-state index contributed by atoms with van der Waals surface area (Å²) in [4.78, 5) is 37.2. The summed E-state index contributed by atoms with van der Waals surface area (Å²) in [6.45, 7) is 5.16. The third-order valence-electron chi connectivity index (χ3n) is 8.05. The van der Waals surface area contributed by atoms with Crippen LogP contribution < -0.4 is 0 Å². The fourth-order valence-electron chi connectivity index (χ4n) is 6.26. The van der Waals surface area contributed by atoms with Gasteiger partial charge in [-0.05, 0) is 73.8 Å². The molecule has 182 valence electrons. The van der Waals surface area contributed by atoms with Gasteiger partial charge in [-0.3, -0.25) is 14.6 Å². The van der Waals surface area contributed by atoms with E-state index in [-0.39, 0.29) is 17.7 Å². The van der Waals surface area contributed by atoms with Crippen molar-refractivity contribution in [1.29, 1.82) is 0 Å². The second-order valence-electron chi connectivity index (χ2n) is 9.92. The van der Waals surface area contributed by atoms with E-state index in [4.69, 9.17) is 0 Å². The first-order valence-corrected chi connectivity index (χ1v) is 13.2. The molecule has 2 aromatic carbocycles. The first-order chi connectivity index (χ1) is 16.9. The highest BCUT2D eigenvalue weighted by atomic mass is 79.9. The molecule has 2 saturated heterocycles. The Morgan fingerprint density at radius 1 is 1.11 bits per heavy atom. The molecule has 7 nitrogen and oxygen atoms in total. The standard InChI is InChI=1S/C27H29BrN4O3/c1-2-27-16-21-20-15-18(28)8-9-22(20)29-23(21)24(17-6-5-7-19(33)14-17)32(27)26(35)31(25(27)34)13-12-30-10-3-4-11-30/h5-9,14-15,24,29,33H,2-4,10-13,16H2,1H3. The minimum atomic E-state index is -0.956.